The lowest BCUT2D eigenvalue weighted by Gasteiger charge is -2.19. The number of nitrogens with zero attached hydrogens (tertiary/aromatic N) is 3. The third kappa shape index (κ3) is 8.07. The van der Waals surface area contributed by atoms with Gasteiger partial charge in [-0.15, -0.1) is 24.0 Å². The maximum atomic E-state index is 13.5. The minimum Gasteiger partial charge on any atom is -0.350 e. The van der Waals surface area contributed by atoms with Gasteiger partial charge in [-0.25, -0.2) is 13.8 Å². The predicted molar refractivity (Wildman–Crippen MR) is 124 cm³/mol. The van der Waals surface area contributed by atoms with Crippen LogP contribution in [0.1, 0.15) is 24.1 Å². The van der Waals surface area contributed by atoms with Crippen LogP contribution in [0.2, 0.25) is 0 Å². The number of nitro groups is 1. The average Bonchev–Trinajstić information content (AvgIpc) is 2.71. The van der Waals surface area contributed by atoms with Gasteiger partial charge in [0, 0.05) is 26.2 Å². The summed E-state index contributed by atoms with van der Waals surface area (Å²) in [5, 5.41) is 16.7. The molecule has 0 aliphatic heterocycles. The molecule has 2 aromatic rings. The first-order valence-electron chi connectivity index (χ1n) is 9.10. The smallest absolute Gasteiger partial charge is 0.269 e. The van der Waals surface area contributed by atoms with Crippen LogP contribution < -0.4 is 10.6 Å². The zero-order chi connectivity index (χ0) is 22.3. The van der Waals surface area contributed by atoms with Gasteiger partial charge in [0.25, 0.3) is 5.69 Å². The predicted octanol–water partition coefficient (Wildman–Crippen LogP) is 3.38. The van der Waals surface area contributed by atoms with Gasteiger partial charge < -0.3 is 15.5 Å². The monoisotopic (exact) mass is 547 g/mol. The minimum atomic E-state index is -0.957. The summed E-state index contributed by atoms with van der Waals surface area (Å²) < 4.78 is 26.7. The topological polar surface area (TPSA) is 99.9 Å². The van der Waals surface area contributed by atoms with Crippen molar-refractivity contribution in [2.45, 2.75) is 19.5 Å². The number of carbonyl (C=O) groups excluding carboxylic acids is 1. The highest BCUT2D eigenvalue weighted by Gasteiger charge is 2.13. The second kappa shape index (κ2) is 12.1. The average molecular weight is 547 g/mol. The van der Waals surface area contributed by atoms with Crippen LogP contribution in [-0.4, -0.2) is 42.3 Å². The van der Waals surface area contributed by atoms with Gasteiger partial charge in [-0.05, 0) is 30.2 Å². The molecular formula is C20H24F2IN5O3. The first-order chi connectivity index (χ1) is 14.2. The zero-order valence-corrected chi connectivity index (χ0v) is 19.6. The summed E-state index contributed by atoms with van der Waals surface area (Å²) >= 11 is 0. The van der Waals surface area contributed by atoms with E-state index in [1.807, 2.05) is 0 Å². The van der Waals surface area contributed by atoms with Gasteiger partial charge in [0.1, 0.15) is 0 Å². The first-order valence-corrected chi connectivity index (χ1v) is 9.10. The lowest BCUT2D eigenvalue weighted by molar-refractivity contribution is -0.384. The molecule has 1 unspecified atom stereocenters. The van der Waals surface area contributed by atoms with Crippen LogP contribution >= 0.6 is 24.0 Å². The number of nitrogens with one attached hydrogen (secondary N) is 2. The number of nitro benzene ring substituents is 1. The molecule has 2 N–H and O–H groups in total. The maximum Gasteiger partial charge on any atom is 0.269 e. The summed E-state index contributed by atoms with van der Waals surface area (Å²) in [6.45, 7) is 1.90. The van der Waals surface area contributed by atoms with Gasteiger partial charge in [-0.3, -0.25) is 14.9 Å². The molecule has 0 aromatic heterocycles. The van der Waals surface area contributed by atoms with Crippen molar-refractivity contribution in [3.8, 4) is 0 Å². The van der Waals surface area contributed by atoms with Crippen molar-refractivity contribution in [1.82, 2.24) is 15.5 Å². The molecule has 8 nitrogen and oxygen atoms in total. The van der Waals surface area contributed by atoms with Crippen LogP contribution in [0.15, 0.2) is 47.5 Å². The first kappa shape index (κ1) is 26.2. The Labute approximate surface area is 195 Å². The fourth-order valence-corrected chi connectivity index (χ4v) is 2.43. The van der Waals surface area contributed by atoms with Crippen molar-refractivity contribution >= 4 is 41.5 Å². The number of hydrogen-bond donors (Lipinski definition) is 2. The molecule has 0 saturated carbocycles. The maximum absolute atomic E-state index is 13.5. The Morgan fingerprint density at radius 1 is 1.16 bits per heavy atom. The van der Waals surface area contributed by atoms with Gasteiger partial charge in [0.15, 0.2) is 17.6 Å². The van der Waals surface area contributed by atoms with E-state index in [9.17, 15) is 23.7 Å². The van der Waals surface area contributed by atoms with E-state index in [-0.39, 0.29) is 54.6 Å². The number of benzene rings is 2. The van der Waals surface area contributed by atoms with Crippen molar-refractivity contribution in [3.63, 3.8) is 0 Å². The fraction of sp³-hybridized carbons (Fsp3) is 0.300. The molecule has 2 aromatic carbocycles. The Balaban J connectivity index is 0.00000480. The van der Waals surface area contributed by atoms with Crippen molar-refractivity contribution in [2.75, 3.05) is 20.6 Å². The number of hydrogen-bond acceptors (Lipinski definition) is 4. The Hall–Kier alpha value is -2.83. The fourth-order valence-electron chi connectivity index (χ4n) is 2.43. The lowest BCUT2D eigenvalue weighted by Crippen LogP contribution is -2.43. The third-order valence-electron chi connectivity index (χ3n) is 4.27. The van der Waals surface area contributed by atoms with E-state index in [1.165, 1.54) is 23.1 Å². The van der Waals surface area contributed by atoms with Crippen molar-refractivity contribution < 1.29 is 18.5 Å². The number of halogens is 3. The van der Waals surface area contributed by atoms with Crippen molar-refractivity contribution in [1.29, 1.82) is 0 Å². The number of carbonyl (C=O) groups is 1. The van der Waals surface area contributed by atoms with E-state index in [0.717, 1.165) is 17.7 Å². The highest BCUT2D eigenvalue weighted by molar-refractivity contribution is 14.0. The second-order valence-electron chi connectivity index (χ2n) is 6.77. The number of likely N-dealkylation sites (N-methyl/N-ethyl adjacent to an activating group) is 1. The SMILES string of the molecule is CC(NC(=NCc1ccc([N+](=O)[O-])cc1)NCC(=O)N(C)C)c1ccc(F)c(F)c1.I. The van der Waals surface area contributed by atoms with E-state index in [0.29, 0.717) is 5.56 Å². The van der Waals surface area contributed by atoms with Crippen molar-refractivity contribution in [2.24, 2.45) is 4.99 Å². The number of non-ortho nitro benzene ring substituents is 1. The molecule has 0 aliphatic carbocycles. The van der Waals surface area contributed by atoms with E-state index in [4.69, 9.17) is 0 Å². The highest BCUT2D eigenvalue weighted by Crippen LogP contribution is 2.16. The van der Waals surface area contributed by atoms with Gasteiger partial charge >= 0.3 is 0 Å². The van der Waals surface area contributed by atoms with Crippen LogP contribution in [0, 0.1) is 21.7 Å². The third-order valence-corrected chi connectivity index (χ3v) is 4.27. The summed E-state index contributed by atoms with van der Waals surface area (Å²) in [6.07, 6.45) is 0. The molecule has 168 valence electrons. The van der Waals surface area contributed by atoms with Gasteiger partial charge in [-0.2, -0.15) is 0 Å². The van der Waals surface area contributed by atoms with Gasteiger partial charge in [0.2, 0.25) is 5.91 Å². The molecule has 11 heteroatoms. The number of aliphatic imine (C=N–C) groups is 1. The largest absolute Gasteiger partial charge is 0.350 e. The normalized spacial score (nSPS) is 11.8. The Morgan fingerprint density at radius 2 is 1.81 bits per heavy atom. The molecule has 0 fully saturated rings. The van der Waals surface area contributed by atoms with E-state index >= 15 is 0 Å². The second-order valence-corrected chi connectivity index (χ2v) is 6.77. The molecule has 2 rings (SSSR count). The quantitative estimate of drug-likeness (QED) is 0.182. The molecule has 1 amide bonds. The molecule has 1 atom stereocenters. The Morgan fingerprint density at radius 3 is 2.35 bits per heavy atom. The van der Waals surface area contributed by atoms with Crippen LogP contribution in [0.4, 0.5) is 14.5 Å². The molecule has 0 spiro atoms. The molecule has 0 heterocycles. The number of rotatable bonds is 7. The number of guanidine groups is 1. The molecule has 0 radical (unpaired) electrons. The zero-order valence-electron chi connectivity index (χ0n) is 17.3. The van der Waals surface area contributed by atoms with Crippen LogP contribution in [-0.2, 0) is 11.3 Å². The number of amides is 1. The van der Waals surface area contributed by atoms with E-state index in [1.54, 1.807) is 33.2 Å². The van der Waals surface area contributed by atoms with Crippen LogP contribution in [0.5, 0.6) is 0 Å². The standard InChI is InChI=1S/C20H23F2N5O3.HI/c1-13(15-6-9-17(21)18(22)10-15)25-20(24-12-19(28)26(2)3)23-11-14-4-7-16(8-5-14)27(29)30;/h4-10,13H,11-12H2,1-3H3,(H2,23,24,25);1H. The van der Waals surface area contributed by atoms with E-state index in [2.05, 4.69) is 15.6 Å². The summed E-state index contributed by atoms with van der Waals surface area (Å²) in [5.41, 5.74) is 1.20. The molecule has 31 heavy (non-hydrogen) atoms. The van der Waals surface area contributed by atoms with Crippen molar-refractivity contribution in [3.05, 3.63) is 75.3 Å². The summed E-state index contributed by atoms with van der Waals surface area (Å²) in [4.78, 5) is 28.0. The molecule has 0 bridgehead atoms. The molecular weight excluding hydrogens is 523 g/mol. The summed E-state index contributed by atoms with van der Waals surface area (Å²) in [5.74, 6) is -1.80. The van der Waals surface area contributed by atoms with Gasteiger partial charge in [-0.1, -0.05) is 18.2 Å². The van der Waals surface area contributed by atoms with Crippen LogP contribution in [0.25, 0.3) is 0 Å². The van der Waals surface area contributed by atoms with E-state index < -0.39 is 22.6 Å². The van der Waals surface area contributed by atoms with Gasteiger partial charge in [0.05, 0.1) is 24.1 Å². The summed E-state index contributed by atoms with van der Waals surface area (Å²) in [6, 6.07) is 9.08. The molecule has 0 saturated heterocycles. The highest BCUT2D eigenvalue weighted by atomic mass is 127. The summed E-state index contributed by atoms with van der Waals surface area (Å²) in [7, 11) is 3.24. The Bertz CT molecular complexity index is 939. The lowest BCUT2D eigenvalue weighted by atomic mass is 10.1. The van der Waals surface area contributed by atoms with Crippen LogP contribution in [0.3, 0.4) is 0 Å². The molecule has 0 aliphatic rings. The minimum absolute atomic E-state index is 0. The Kier molecular flexibility index (Phi) is 10.3.